The van der Waals surface area contributed by atoms with Crippen LogP contribution < -0.4 is 5.32 Å². The molecule has 2 N–H and O–H groups in total. The van der Waals surface area contributed by atoms with E-state index >= 15 is 0 Å². The molecule has 0 aliphatic heterocycles. The van der Waals surface area contributed by atoms with Crippen LogP contribution in [0.25, 0.3) is 5.65 Å². The van der Waals surface area contributed by atoms with Gasteiger partial charge in [-0.05, 0) is 25.3 Å². The predicted octanol–water partition coefficient (Wildman–Crippen LogP) is 1.20. The monoisotopic (exact) mass is 257 g/mol. The molecule has 0 fully saturated rings. The maximum absolute atomic E-state index is 4.28. The zero-order chi connectivity index (χ0) is 13.1. The summed E-state index contributed by atoms with van der Waals surface area (Å²) in [7, 11) is 0. The first-order chi connectivity index (χ1) is 9.34. The van der Waals surface area contributed by atoms with Gasteiger partial charge in [-0.25, -0.2) is 4.98 Å². The molecule has 19 heavy (non-hydrogen) atoms. The Bertz CT molecular complexity index is 669. The second-order valence-corrected chi connectivity index (χ2v) is 4.39. The van der Waals surface area contributed by atoms with Crippen molar-refractivity contribution in [1.82, 2.24) is 29.8 Å². The molecule has 3 aromatic heterocycles. The van der Waals surface area contributed by atoms with Crippen LogP contribution >= 0.6 is 0 Å². The number of aryl methyl sites for hydroxylation is 2. The fourth-order valence-corrected chi connectivity index (χ4v) is 2.00. The summed E-state index contributed by atoms with van der Waals surface area (Å²) >= 11 is 0. The average molecular weight is 257 g/mol. The molecule has 7 heteroatoms. The Balaban J connectivity index is 1.58. The maximum atomic E-state index is 4.28. The number of fused-ring (bicyclic) bond motifs is 1. The summed E-state index contributed by atoms with van der Waals surface area (Å²) < 4.78 is 1.84. The van der Waals surface area contributed by atoms with Crippen LogP contribution in [0.2, 0.25) is 0 Å². The largest absolute Gasteiger partial charge is 0.367 e. The fraction of sp³-hybridized carbons (Fsp3) is 0.333. The molecule has 0 saturated carbocycles. The quantitative estimate of drug-likeness (QED) is 0.671. The molecule has 0 aliphatic carbocycles. The van der Waals surface area contributed by atoms with Gasteiger partial charge in [-0.1, -0.05) is 0 Å². The first kappa shape index (κ1) is 11.6. The van der Waals surface area contributed by atoms with Gasteiger partial charge in [0.15, 0.2) is 5.82 Å². The number of aromatic amines is 1. The molecule has 0 amide bonds. The van der Waals surface area contributed by atoms with E-state index in [-0.39, 0.29) is 0 Å². The van der Waals surface area contributed by atoms with Gasteiger partial charge in [0, 0.05) is 24.6 Å². The zero-order valence-corrected chi connectivity index (χ0v) is 10.7. The number of anilines is 1. The van der Waals surface area contributed by atoms with Crippen LogP contribution in [0, 0.1) is 6.92 Å². The topological polar surface area (TPSA) is 83.8 Å². The van der Waals surface area contributed by atoms with Gasteiger partial charge >= 0.3 is 0 Å². The van der Waals surface area contributed by atoms with Crippen molar-refractivity contribution < 1.29 is 0 Å². The van der Waals surface area contributed by atoms with E-state index in [0.29, 0.717) is 0 Å². The normalized spacial score (nSPS) is 11.0. The summed E-state index contributed by atoms with van der Waals surface area (Å²) in [5.74, 6) is 0.768. The third-order valence-corrected chi connectivity index (χ3v) is 3.07. The van der Waals surface area contributed by atoms with Crippen LogP contribution in [0.15, 0.2) is 24.9 Å². The summed E-state index contributed by atoms with van der Waals surface area (Å²) in [5.41, 5.74) is 3.15. The number of aromatic nitrogens is 6. The van der Waals surface area contributed by atoms with E-state index in [1.54, 1.807) is 12.5 Å². The lowest BCUT2D eigenvalue weighted by Gasteiger charge is -2.05. The Hall–Kier alpha value is -2.44. The van der Waals surface area contributed by atoms with E-state index in [2.05, 4.69) is 30.7 Å². The number of hydrogen-bond donors (Lipinski definition) is 2. The van der Waals surface area contributed by atoms with Gasteiger partial charge in [-0.2, -0.15) is 5.10 Å². The Kier molecular flexibility index (Phi) is 3.09. The number of nitrogens with zero attached hydrogens (tertiary/aromatic N) is 5. The van der Waals surface area contributed by atoms with Crippen molar-refractivity contribution in [3.05, 3.63) is 36.2 Å². The molecule has 0 aromatic carbocycles. The van der Waals surface area contributed by atoms with Gasteiger partial charge in [0.2, 0.25) is 5.65 Å². The van der Waals surface area contributed by atoms with E-state index in [0.717, 1.165) is 36.5 Å². The van der Waals surface area contributed by atoms with E-state index < -0.39 is 0 Å². The number of rotatable bonds is 5. The minimum Gasteiger partial charge on any atom is -0.367 e. The number of nitrogens with one attached hydrogen (secondary N) is 2. The van der Waals surface area contributed by atoms with Crippen molar-refractivity contribution in [2.75, 3.05) is 11.9 Å². The van der Waals surface area contributed by atoms with Crippen molar-refractivity contribution in [3.63, 3.8) is 0 Å². The molecule has 0 saturated heterocycles. The molecule has 3 heterocycles. The lowest BCUT2D eigenvalue weighted by Crippen LogP contribution is -2.06. The van der Waals surface area contributed by atoms with Gasteiger partial charge < -0.3 is 5.32 Å². The van der Waals surface area contributed by atoms with Crippen molar-refractivity contribution in [3.8, 4) is 0 Å². The summed E-state index contributed by atoms with van der Waals surface area (Å²) in [6.07, 6.45) is 9.11. The second kappa shape index (κ2) is 5.05. The van der Waals surface area contributed by atoms with E-state index in [1.807, 2.05) is 23.7 Å². The highest BCUT2D eigenvalue weighted by Gasteiger charge is 2.04. The Morgan fingerprint density at radius 1 is 1.42 bits per heavy atom. The summed E-state index contributed by atoms with van der Waals surface area (Å²) in [6.45, 7) is 2.87. The van der Waals surface area contributed by atoms with E-state index in [1.165, 1.54) is 5.56 Å². The molecule has 3 rings (SSSR count). The van der Waals surface area contributed by atoms with Gasteiger partial charge in [-0.15, -0.1) is 10.2 Å². The van der Waals surface area contributed by atoms with Gasteiger partial charge in [0.1, 0.15) is 6.33 Å². The highest BCUT2D eigenvalue weighted by atomic mass is 15.2. The minimum atomic E-state index is 0.752. The molecular weight excluding hydrogens is 242 g/mol. The number of hydrogen-bond acceptors (Lipinski definition) is 5. The molecule has 0 aliphatic rings. The van der Waals surface area contributed by atoms with Crippen molar-refractivity contribution >= 4 is 11.5 Å². The SMILES string of the molecule is Cc1[nH]ncc1CCCNc1nccn2cnnc12. The molecule has 98 valence electrons. The first-order valence-corrected chi connectivity index (χ1v) is 6.21. The van der Waals surface area contributed by atoms with Crippen LogP contribution in [-0.4, -0.2) is 36.3 Å². The lowest BCUT2D eigenvalue weighted by atomic mass is 10.1. The molecule has 0 atom stereocenters. The Morgan fingerprint density at radius 2 is 2.37 bits per heavy atom. The smallest absolute Gasteiger partial charge is 0.203 e. The van der Waals surface area contributed by atoms with E-state index in [9.17, 15) is 0 Å². The molecule has 0 bridgehead atoms. The standard InChI is InChI=1S/C12H15N7/c1-9-10(7-15-17-9)3-2-4-13-11-12-18-16-8-19(12)6-5-14-11/h5-8H,2-4H2,1H3,(H,13,14)(H,15,17). The van der Waals surface area contributed by atoms with Crippen molar-refractivity contribution in [1.29, 1.82) is 0 Å². The molecule has 7 nitrogen and oxygen atoms in total. The summed E-state index contributed by atoms with van der Waals surface area (Å²) in [5, 5.41) is 18.1. The highest BCUT2D eigenvalue weighted by molar-refractivity contribution is 5.61. The third kappa shape index (κ3) is 2.40. The highest BCUT2D eigenvalue weighted by Crippen LogP contribution is 2.10. The first-order valence-electron chi connectivity index (χ1n) is 6.21. The van der Waals surface area contributed by atoms with Crippen LogP contribution in [0.5, 0.6) is 0 Å². The Morgan fingerprint density at radius 3 is 3.21 bits per heavy atom. The predicted molar refractivity (Wildman–Crippen MR) is 70.9 cm³/mol. The molecule has 0 radical (unpaired) electrons. The fourth-order valence-electron chi connectivity index (χ4n) is 2.00. The van der Waals surface area contributed by atoms with Gasteiger partial charge in [0.05, 0.1) is 6.20 Å². The van der Waals surface area contributed by atoms with Gasteiger partial charge in [0.25, 0.3) is 0 Å². The lowest BCUT2D eigenvalue weighted by molar-refractivity contribution is 0.852. The van der Waals surface area contributed by atoms with Crippen molar-refractivity contribution in [2.24, 2.45) is 0 Å². The molecule has 3 aromatic rings. The molecular formula is C12H15N7. The average Bonchev–Trinajstić information content (AvgIpc) is 3.04. The van der Waals surface area contributed by atoms with Crippen molar-refractivity contribution in [2.45, 2.75) is 19.8 Å². The third-order valence-electron chi connectivity index (χ3n) is 3.07. The van der Waals surface area contributed by atoms with Crippen LogP contribution in [0.3, 0.4) is 0 Å². The maximum Gasteiger partial charge on any atom is 0.203 e. The van der Waals surface area contributed by atoms with Crippen LogP contribution in [0.1, 0.15) is 17.7 Å². The van der Waals surface area contributed by atoms with Crippen LogP contribution in [0.4, 0.5) is 5.82 Å². The molecule has 0 unspecified atom stereocenters. The van der Waals surface area contributed by atoms with E-state index in [4.69, 9.17) is 0 Å². The van der Waals surface area contributed by atoms with Crippen LogP contribution in [-0.2, 0) is 6.42 Å². The summed E-state index contributed by atoms with van der Waals surface area (Å²) in [6, 6.07) is 0. The summed E-state index contributed by atoms with van der Waals surface area (Å²) in [4.78, 5) is 4.28. The van der Waals surface area contributed by atoms with Gasteiger partial charge in [-0.3, -0.25) is 9.50 Å². The second-order valence-electron chi connectivity index (χ2n) is 4.39. The zero-order valence-electron chi connectivity index (χ0n) is 10.7. The minimum absolute atomic E-state index is 0.752. The Labute approximate surface area is 110 Å². The molecule has 0 spiro atoms. The number of H-pyrrole nitrogens is 1.